The molecule has 0 radical (unpaired) electrons. The molecule has 0 unspecified atom stereocenters. The Bertz CT molecular complexity index is 473. The lowest BCUT2D eigenvalue weighted by atomic mass is 10.2. The number of hydrogen-bond donors (Lipinski definition) is 0. The van der Waals surface area contributed by atoms with Crippen molar-refractivity contribution >= 4 is 34.9 Å². The first-order valence-electron chi connectivity index (χ1n) is 4.52. The second-order valence-corrected chi connectivity index (χ2v) is 6.21. The molecule has 0 N–H and O–H groups in total. The van der Waals surface area contributed by atoms with Crippen molar-refractivity contribution < 1.29 is 4.39 Å². The van der Waals surface area contributed by atoms with Crippen molar-refractivity contribution in [2.45, 2.75) is 14.4 Å². The van der Waals surface area contributed by atoms with Gasteiger partial charge >= 0.3 is 0 Å². The molecule has 1 aromatic carbocycles. The summed E-state index contributed by atoms with van der Waals surface area (Å²) in [5.74, 6) is 0.529. The molecule has 0 aliphatic rings. The number of benzene rings is 1. The second-order valence-electron chi connectivity index (χ2n) is 2.96. The molecule has 0 amide bonds. The fourth-order valence-electron chi connectivity index (χ4n) is 1.11. The van der Waals surface area contributed by atoms with Gasteiger partial charge in [-0.05, 0) is 24.0 Å². The predicted molar refractivity (Wildman–Crippen MR) is 67.7 cm³/mol. The summed E-state index contributed by atoms with van der Waals surface area (Å²) in [6.45, 7) is 0. The molecule has 0 spiro atoms. The van der Waals surface area contributed by atoms with Gasteiger partial charge in [0.15, 0.2) is 8.68 Å². The fraction of sp³-hybridized carbons (Fsp3) is 0.200. The molecule has 0 aliphatic carbocycles. The lowest BCUT2D eigenvalue weighted by Gasteiger charge is -1.97. The highest BCUT2D eigenvalue weighted by Crippen LogP contribution is 2.29. The maximum atomic E-state index is 12.9. The Morgan fingerprint density at radius 1 is 1.31 bits per heavy atom. The van der Waals surface area contributed by atoms with Crippen LogP contribution in [0.2, 0.25) is 0 Å². The van der Waals surface area contributed by atoms with Gasteiger partial charge in [-0.25, -0.2) is 4.39 Å². The smallest absolute Gasteiger partial charge is 0.175 e. The number of halogens is 1. The van der Waals surface area contributed by atoms with E-state index in [1.807, 2.05) is 12.3 Å². The molecule has 0 saturated heterocycles. The Kier molecular flexibility index (Phi) is 4.20. The third-order valence-electron chi connectivity index (χ3n) is 1.81. The van der Waals surface area contributed by atoms with Crippen LogP contribution in [-0.2, 0) is 5.75 Å². The van der Waals surface area contributed by atoms with E-state index < -0.39 is 0 Å². The van der Waals surface area contributed by atoms with Crippen LogP contribution in [0.3, 0.4) is 0 Å². The van der Waals surface area contributed by atoms with Gasteiger partial charge in [0.25, 0.3) is 0 Å². The van der Waals surface area contributed by atoms with Crippen molar-refractivity contribution in [2.24, 2.45) is 0 Å². The summed E-state index contributed by atoms with van der Waals surface area (Å²) in [6.07, 6.45) is 1.97. The van der Waals surface area contributed by atoms with E-state index in [2.05, 4.69) is 10.2 Å². The number of hydrogen-bond acceptors (Lipinski definition) is 5. The van der Waals surface area contributed by atoms with E-state index in [0.29, 0.717) is 0 Å². The highest BCUT2D eigenvalue weighted by molar-refractivity contribution is 8.02. The van der Waals surface area contributed by atoms with Gasteiger partial charge in [-0.2, -0.15) is 0 Å². The first kappa shape index (κ1) is 11.9. The highest BCUT2D eigenvalue weighted by atomic mass is 32.2. The van der Waals surface area contributed by atoms with Gasteiger partial charge < -0.3 is 0 Å². The summed E-state index contributed by atoms with van der Waals surface area (Å²) in [5.41, 5.74) is 0.964. The van der Waals surface area contributed by atoms with Gasteiger partial charge in [0.1, 0.15) is 5.82 Å². The van der Waals surface area contributed by atoms with Crippen LogP contribution in [0.1, 0.15) is 5.56 Å². The van der Waals surface area contributed by atoms with Crippen LogP contribution in [-0.4, -0.2) is 16.5 Å². The van der Waals surface area contributed by atoms with Gasteiger partial charge in [0.2, 0.25) is 0 Å². The number of aromatic nitrogens is 2. The zero-order valence-corrected chi connectivity index (χ0v) is 11.0. The van der Waals surface area contributed by atoms with Crippen molar-refractivity contribution in [1.82, 2.24) is 10.2 Å². The van der Waals surface area contributed by atoms with Crippen LogP contribution in [0.25, 0.3) is 0 Å². The Morgan fingerprint density at radius 3 is 2.81 bits per heavy atom. The molecule has 2 nitrogen and oxygen atoms in total. The van der Waals surface area contributed by atoms with Gasteiger partial charge in [-0.1, -0.05) is 47.0 Å². The molecule has 0 bridgehead atoms. The van der Waals surface area contributed by atoms with Crippen LogP contribution in [0.15, 0.2) is 32.9 Å². The molecule has 16 heavy (non-hydrogen) atoms. The van der Waals surface area contributed by atoms with E-state index in [-0.39, 0.29) is 5.82 Å². The average Bonchev–Trinajstić information content (AvgIpc) is 2.74. The van der Waals surface area contributed by atoms with Crippen LogP contribution in [0.4, 0.5) is 4.39 Å². The third kappa shape index (κ3) is 3.20. The number of rotatable bonds is 4. The van der Waals surface area contributed by atoms with E-state index >= 15 is 0 Å². The maximum Gasteiger partial charge on any atom is 0.175 e. The van der Waals surface area contributed by atoms with E-state index in [4.69, 9.17) is 0 Å². The van der Waals surface area contributed by atoms with E-state index in [0.717, 1.165) is 20.0 Å². The Morgan fingerprint density at radius 2 is 2.12 bits per heavy atom. The molecule has 84 valence electrons. The quantitative estimate of drug-likeness (QED) is 0.793. The maximum absolute atomic E-state index is 12.9. The molecule has 0 saturated carbocycles. The topological polar surface area (TPSA) is 25.8 Å². The third-order valence-corrected chi connectivity index (χ3v) is 4.92. The summed E-state index contributed by atoms with van der Waals surface area (Å²) in [6, 6.07) is 6.62. The Hall–Kier alpha value is -0.590. The standard InChI is InChI=1S/C10H9FN2S3/c1-14-9-12-13-10(16-9)15-6-7-3-2-4-8(11)5-7/h2-5H,6H2,1H3. The zero-order valence-electron chi connectivity index (χ0n) is 8.51. The van der Waals surface area contributed by atoms with Crippen molar-refractivity contribution in [1.29, 1.82) is 0 Å². The summed E-state index contributed by atoms with van der Waals surface area (Å²) < 4.78 is 14.8. The minimum atomic E-state index is -0.194. The van der Waals surface area contributed by atoms with Crippen LogP contribution < -0.4 is 0 Å². The van der Waals surface area contributed by atoms with Crippen molar-refractivity contribution in [2.75, 3.05) is 6.26 Å². The van der Waals surface area contributed by atoms with Gasteiger partial charge in [-0.3, -0.25) is 0 Å². The molecular weight excluding hydrogens is 263 g/mol. The molecule has 2 rings (SSSR count). The van der Waals surface area contributed by atoms with Crippen LogP contribution in [0, 0.1) is 5.82 Å². The number of thioether (sulfide) groups is 2. The van der Waals surface area contributed by atoms with Crippen LogP contribution >= 0.6 is 34.9 Å². The second kappa shape index (κ2) is 5.65. The van der Waals surface area contributed by atoms with Gasteiger partial charge in [-0.15, -0.1) is 10.2 Å². The Balaban J connectivity index is 1.96. The van der Waals surface area contributed by atoms with Crippen molar-refractivity contribution in [3.05, 3.63) is 35.6 Å². The average molecular weight is 272 g/mol. The normalized spacial score (nSPS) is 10.6. The molecule has 2 aromatic rings. The first-order chi connectivity index (χ1) is 7.78. The van der Waals surface area contributed by atoms with Crippen LogP contribution in [0.5, 0.6) is 0 Å². The molecule has 1 heterocycles. The summed E-state index contributed by atoms with van der Waals surface area (Å²) >= 11 is 4.73. The molecule has 0 atom stereocenters. The molecule has 0 fully saturated rings. The van der Waals surface area contributed by atoms with Crippen molar-refractivity contribution in [3.8, 4) is 0 Å². The van der Waals surface area contributed by atoms with Gasteiger partial charge in [0, 0.05) is 5.75 Å². The minimum absolute atomic E-state index is 0.194. The van der Waals surface area contributed by atoms with E-state index in [1.54, 1.807) is 47.0 Å². The Labute approximate surface area is 106 Å². The molecule has 1 aromatic heterocycles. The zero-order chi connectivity index (χ0) is 11.4. The van der Waals surface area contributed by atoms with E-state index in [1.165, 1.54) is 6.07 Å². The van der Waals surface area contributed by atoms with Gasteiger partial charge in [0.05, 0.1) is 0 Å². The molecule has 6 heteroatoms. The SMILES string of the molecule is CSc1nnc(SCc2cccc(F)c2)s1. The molecular formula is C10H9FN2S3. The summed E-state index contributed by atoms with van der Waals surface area (Å²) in [7, 11) is 0. The van der Waals surface area contributed by atoms with E-state index in [9.17, 15) is 4.39 Å². The lowest BCUT2D eigenvalue weighted by molar-refractivity contribution is 0.626. The molecule has 0 aliphatic heterocycles. The summed E-state index contributed by atoms with van der Waals surface area (Å²) in [4.78, 5) is 0. The van der Waals surface area contributed by atoms with Crippen molar-refractivity contribution in [3.63, 3.8) is 0 Å². The fourth-order valence-corrected chi connectivity index (χ4v) is 3.49. The summed E-state index contributed by atoms with van der Waals surface area (Å²) in [5, 5.41) is 8.04. The lowest BCUT2D eigenvalue weighted by Crippen LogP contribution is -1.82. The predicted octanol–water partition coefficient (Wildman–Crippen LogP) is 3.69. The highest BCUT2D eigenvalue weighted by Gasteiger charge is 2.04. The monoisotopic (exact) mass is 272 g/mol. The minimum Gasteiger partial charge on any atom is -0.207 e. The number of nitrogens with zero attached hydrogens (tertiary/aromatic N) is 2. The largest absolute Gasteiger partial charge is 0.207 e. The first-order valence-corrected chi connectivity index (χ1v) is 7.55.